The van der Waals surface area contributed by atoms with E-state index < -0.39 is 11.7 Å². The van der Waals surface area contributed by atoms with Gasteiger partial charge < -0.3 is 10.6 Å². The molecule has 4 heterocycles. The van der Waals surface area contributed by atoms with E-state index >= 15 is 0 Å². The van der Waals surface area contributed by atoms with E-state index in [0.717, 1.165) is 50.8 Å². The molecule has 0 saturated carbocycles. The summed E-state index contributed by atoms with van der Waals surface area (Å²) in [7, 11) is 0. The van der Waals surface area contributed by atoms with Crippen molar-refractivity contribution >= 4 is 69.9 Å². The van der Waals surface area contributed by atoms with E-state index in [9.17, 15) is 14.4 Å². The minimum absolute atomic E-state index is 0.0496. The number of ketones is 1. The van der Waals surface area contributed by atoms with Crippen LogP contribution in [0.15, 0.2) is 63.1 Å². The minimum atomic E-state index is -0.751. The summed E-state index contributed by atoms with van der Waals surface area (Å²) in [6, 6.07) is 12.1. The van der Waals surface area contributed by atoms with Gasteiger partial charge in [-0.3, -0.25) is 19.3 Å². The number of rotatable bonds is 2. The fourth-order valence-corrected chi connectivity index (χ4v) is 5.95. The van der Waals surface area contributed by atoms with Crippen LogP contribution in [0.25, 0.3) is 11.1 Å². The monoisotopic (exact) mass is 473 g/mol. The van der Waals surface area contributed by atoms with Gasteiger partial charge in [-0.1, -0.05) is 18.2 Å². The topological polar surface area (TPSA) is 90.9 Å². The molecule has 2 aromatic carbocycles. The second-order valence-corrected chi connectivity index (χ2v) is 9.97. The fourth-order valence-electron chi connectivity index (χ4n) is 4.29. The first-order valence-corrected chi connectivity index (χ1v) is 12.4. The molecule has 6 rings (SSSR count). The van der Waals surface area contributed by atoms with Crippen molar-refractivity contribution in [1.29, 1.82) is 0 Å². The number of carbonyl (C=O) groups excluding carboxylic acids is 3. The Hall–Kier alpha value is -3.30. The summed E-state index contributed by atoms with van der Waals surface area (Å²) < 4.78 is 0. The number of fused-ring (bicyclic) bond motifs is 3. The van der Waals surface area contributed by atoms with Gasteiger partial charge in [-0.05, 0) is 41.0 Å². The summed E-state index contributed by atoms with van der Waals surface area (Å²) in [5.41, 5.74) is 5.25. The highest BCUT2D eigenvalue weighted by Crippen LogP contribution is 2.43. The van der Waals surface area contributed by atoms with Crippen LogP contribution in [0.2, 0.25) is 0 Å². The zero-order chi connectivity index (χ0) is 22.5. The second-order valence-electron chi connectivity index (χ2n) is 7.82. The molecular weight excluding hydrogens is 456 g/mol. The number of Topliss-reactive ketones (excluding diaryl/α,β-unsaturated/α-hetero) is 1. The molecule has 9 heteroatoms. The van der Waals surface area contributed by atoms with Crippen LogP contribution in [0.4, 0.5) is 11.4 Å². The summed E-state index contributed by atoms with van der Waals surface area (Å²) >= 11 is 3.31. The Morgan fingerprint density at radius 1 is 0.970 bits per heavy atom. The highest BCUT2D eigenvalue weighted by molar-refractivity contribution is 8.00. The number of hydrogen-bond donors (Lipinski definition) is 2. The summed E-state index contributed by atoms with van der Waals surface area (Å²) in [5.74, 6) is 0.365. The summed E-state index contributed by atoms with van der Waals surface area (Å²) in [5, 5.41) is 6.38. The van der Waals surface area contributed by atoms with Crippen molar-refractivity contribution in [2.45, 2.75) is 9.79 Å². The minimum Gasteiger partial charge on any atom is -0.383 e. The largest absolute Gasteiger partial charge is 0.383 e. The number of benzene rings is 2. The molecule has 4 aliphatic heterocycles. The molecule has 0 aliphatic carbocycles. The molecule has 7 nitrogen and oxygen atoms in total. The SMILES string of the molecule is O=C1CSc2ccc(C3=C4N=[C]C(=O)C(=O)N4CC=C3c3ccc4c(c3)NCCS4)cc2N1. The molecule has 0 bridgehead atoms. The normalized spacial score (nSPS) is 19.3. The molecule has 4 aliphatic rings. The summed E-state index contributed by atoms with van der Waals surface area (Å²) in [6.45, 7) is 1.15. The highest BCUT2D eigenvalue weighted by Gasteiger charge is 2.34. The average molecular weight is 474 g/mol. The van der Waals surface area contributed by atoms with E-state index in [1.165, 1.54) is 21.6 Å². The van der Waals surface area contributed by atoms with Crippen LogP contribution in [0.1, 0.15) is 11.1 Å². The number of aliphatic imine (C=N–C) groups is 1. The highest BCUT2D eigenvalue weighted by atomic mass is 32.2. The van der Waals surface area contributed by atoms with E-state index in [1.807, 2.05) is 36.0 Å². The van der Waals surface area contributed by atoms with Crippen molar-refractivity contribution in [2.24, 2.45) is 4.99 Å². The maximum absolute atomic E-state index is 12.6. The number of allylic oxidation sites excluding steroid dienone is 2. The van der Waals surface area contributed by atoms with Crippen LogP contribution in [0.5, 0.6) is 0 Å². The number of thioether (sulfide) groups is 2. The van der Waals surface area contributed by atoms with Gasteiger partial charge in [-0.2, -0.15) is 0 Å². The molecule has 163 valence electrons. The lowest BCUT2D eigenvalue weighted by molar-refractivity contribution is -0.140. The van der Waals surface area contributed by atoms with Crippen molar-refractivity contribution in [3.63, 3.8) is 0 Å². The Bertz CT molecular complexity index is 1350. The molecule has 0 atom stereocenters. The average Bonchev–Trinajstić information content (AvgIpc) is 2.85. The number of anilines is 2. The first-order chi connectivity index (χ1) is 16.1. The second kappa shape index (κ2) is 7.93. The molecule has 2 N–H and O–H groups in total. The first kappa shape index (κ1) is 20.3. The van der Waals surface area contributed by atoms with Gasteiger partial charge in [0.1, 0.15) is 12.0 Å². The van der Waals surface area contributed by atoms with Crippen molar-refractivity contribution in [1.82, 2.24) is 4.90 Å². The maximum Gasteiger partial charge on any atom is 0.302 e. The summed E-state index contributed by atoms with van der Waals surface area (Å²) in [6.07, 6.45) is 4.30. The van der Waals surface area contributed by atoms with Gasteiger partial charge in [0.15, 0.2) is 0 Å². The predicted molar refractivity (Wildman–Crippen MR) is 131 cm³/mol. The Morgan fingerprint density at radius 3 is 2.64 bits per heavy atom. The number of nitrogens with zero attached hydrogens (tertiary/aromatic N) is 2. The third kappa shape index (κ3) is 3.48. The lowest BCUT2D eigenvalue weighted by atomic mass is 9.88. The number of nitrogens with one attached hydrogen (secondary N) is 2. The Kier molecular flexibility index (Phi) is 4.88. The lowest BCUT2D eigenvalue weighted by Crippen LogP contribution is -2.41. The van der Waals surface area contributed by atoms with Crippen LogP contribution in [0.3, 0.4) is 0 Å². The standard InChI is InChI=1S/C24H17N4O3S2/c29-18-11-26-23-22(14-2-4-20-17(10-14)27-21(30)12-33-20)15(5-7-28(23)24(18)31)13-1-3-19-16(9-13)25-6-8-32-19/h1-5,9-10,25H,6-8,12H2,(H,27,30). The van der Waals surface area contributed by atoms with Crippen molar-refractivity contribution in [2.75, 3.05) is 35.2 Å². The quantitative estimate of drug-likeness (QED) is 0.650. The van der Waals surface area contributed by atoms with Gasteiger partial charge in [0.05, 0.1) is 11.4 Å². The van der Waals surface area contributed by atoms with E-state index in [2.05, 4.69) is 40.0 Å². The van der Waals surface area contributed by atoms with Crippen LogP contribution in [-0.2, 0) is 14.4 Å². The van der Waals surface area contributed by atoms with Gasteiger partial charge in [0, 0.05) is 39.9 Å². The predicted octanol–water partition coefficient (Wildman–Crippen LogP) is 3.37. The Morgan fingerprint density at radius 2 is 1.76 bits per heavy atom. The van der Waals surface area contributed by atoms with Gasteiger partial charge in [0.2, 0.25) is 5.91 Å². The van der Waals surface area contributed by atoms with Crippen LogP contribution in [-0.4, -0.2) is 53.3 Å². The van der Waals surface area contributed by atoms with Crippen molar-refractivity contribution in [3.8, 4) is 0 Å². The summed E-state index contributed by atoms with van der Waals surface area (Å²) in [4.78, 5) is 44.3. The van der Waals surface area contributed by atoms with Gasteiger partial charge in [-0.25, -0.2) is 4.99 Å². The Balaban J connectivity index is 1.52. The molecule has 1 radical (unpaired) electrons. The fraction of sp³-hybridized carbons (Fsp3) is 0.167. The van der Waals surface area contributed by atoms with Crippen molar-refractivity contribution < 1.29 is 14.4 Å². The van der Waals surface area contributed by atoms with E-state index in [4.69, 9.17) is 0 Å². The van der Waals surface area contributed by atoms with E-state index in [1.54, 1.807) is 0 Å². The third-order valence-corrected chi connectivity index (χ3v) is 7.94. The molecule has 0 aromatic heterocycles. The molecule has 2 amide bonds. The molecular formula is C24H17N4O3S2. The zero-order valence-corrected chi connectivity index (χ0v) is 18.9. The number of carbonyl (C=O) groups is 3. The molecule has 33 heavy (non-hydrogen) atoms. The maximum atomic E-state index is 12.6. The smallest absolute Gasteiger partial charge is 0.302 e. The molecule has 0 spiro atoms. The van der Waals surface area contributed by atoms with Crippen LogP contribution >= 0.6 is 23.5 Å². The molecule has 0 fully saturated rings. The molecule has 2 aromatic rings. The van der Waals surface area contributed by atoms with Gasteiger partial charge in [0.25, 0.3) is 5.78 Å². The number of amides is 2. The van der Waals surface area contributed by atoms with Gasteiger partial charge in [-0.15, -0.1) is 23.5 Å². The zero-order valence-electron chi connectivity index (χ0n) is 17.3. The molecule has 0 saturated heterocycles. The third-order valence-electron chi connectivity index (χ3n) is 5.80. The Labute approximate surface area is 198 Å². The number of hydrogen-bond acceptors (Lipinski definition) is 7. The molecule has 0 unspecified atom stereocenters. The van der Waals surface area contributed by atoms with Crippen molar-refractivity contribution in [3.05, 3.63) is 59.4 Å². The van der Waals surface area contributed by atoms with Crippen LogP contribution in [0, 0.1) is 0 Å². The first-order valence-electron chi connectivity index (χ1n) is 10.4. The lowest BCUT2D eigenvalue weighted by Gasteiger charge is -2.31. The van der Waals surface area contributed by atoms with Crippen LogP contribution < -0.4 is 10.6 Å². The van der Waals surface area contributed by atoms with Gasteiger partial charge >= 0.3 is 5.91 Å². The van der Waals surface area contributed by atoms with E-state index in [0.29, 0.717) is 11.6 Å². The van der Waals surface area contributed by atoms with E-state index in [-0.39, 0.29) is 12.5 Å².